The first-order valence-electron chi connectivity index (χ1n) is 6.69. The molecule has 1 saturated heterocycles. The van der Waals surface area contributed by atoms with Crippen LogP contribution >= 0.6 is 0 Å². The molecule has 0 unspecified atom stereocenters. The number of carbonyl (C=O) groups is 1. The van der Waals surface area contributed by atoms with Gasteiger partial charge in [-0.05, 0) is 30.5 Å². The van der Waals surface area contributed by atoms with Crippen LogP contribution in [0, 0.1) is 5.41 Å². The van der Waals surface area contributed by atoms with Gasteiger partial charge >= 0.3 is 0 Å². The molecule has 0 spiro atoms. The van der Waals surface area contributed by atoms with Gasteiger partial charge in [0.15, 0.2) is 5.84 Å². The van der Waals surface area contributed by atoms with Gasteiger partial charge in [0.2, 0.25) is 5.91 Å². The van der Waals surface area contributed by atoms with Crippen LogP contribution in [0.1, 0.15) is 18.4 Å². The van der Waals surface area contributed by atoms with E-state index in [9.17, 15) is 4.79 Å². The lowest BCUT2D eigenvalue weighted by molar-refractivity contribution is -0.126. The number of ether oxygens (including phenoxy) is 1. The van der Waals surface area contributed by atoms with Crippen molar-refractivity contribution in [3.8, 4) is 0 Å². The van der Waals surface area contributed by atoms with Crippen LogP contribution in [-0.2, 0) is 16.1 Å². The molecule has 0 bridgehead atoms. The molecule has 0 aliphatic carbocycles. The molecular formula is C14H19N3O4. The first kappa shape index (κ1) is 15.3. The number of hydrogen-bond donors (Lipinski definition) is 4. The molecule has 7 heteroatoms. The second-order valence-electron chi connectivity index (χ2n) is 4.99. The van der Waals surface area contributed by atoms with E-state index in [1.807, 2.05) is 0 Å². The number of nitrogens with zero attached hydrogens (tertiary/aromatic N) is 1. The Balaban J connectivity index is 2.18. The Morgan fingerprint density at radius 2 is 1.95 bits per heavy atom. The van der Waals surface area contributed by atoms with Crippen molar-refractivity contribution in [3.05, 3.63) is 29.8 Å². The van der Waals surface area contributed by atoms with E-state index in [2.05, 4.69) is 10.5 Å². The number of oxime groups is 1. The lowest BCUT2D eigenvalue weighted by Crippen LogP contribution is -2.50. The van der Waals surface area contributed by atoms with Gasteiger partial charge in [0.1, 0.15) is 5.41 Å². The molecule has 1 fully saturated rings. The van der Waals surface area contributed by atoms with Gasteiger partial charge in [-0.25, -0.2) is 0 Å². The summed E-state index contributed by atoms with van der Waals surface area (Å²) in [5, 5.41) is 23.7. The van der Waals surface area contributed by atoms with Gasteiger partial charge in [-0.2, -0.15) is 0 Å². The van der Waals surface area contributed by atoms with Crippen LogP contribution in [0.15, 0.2) is 29.4 Å². The smallest absolute Gasteiger partial charge is 0.238 e. The highest BCUT2D eigenvalue weighted by Crippen LogP contribution is 2.32. The molecule has 0 radical (unpaired) electrons. The third-order valence-corrected chi connectivity index (χ3v) is 3.77. The second-order valence-corrected chi connectivity index (χ2v) is 4.99. The summed E-state index contributed by atoms with van der Waals surface area (Å²) in [4.78, 5) is 12.6. The van der Waals surface area contributed by atoms with E-state index >= 15 is 0 Å². The lowest BCUT2D eigenvalue weighted by atomic mass is 9.78. The van der Waals surface area contributed by atoms with E-state index in [-0.39, 0.29) is 18.3 Å². The molecule has 2 rings (SSSR count). The zero-order valence-corrected chi connectivity index (χ0v) is 11.6. The maximum absolute atomic E-state index is 12.6. The van der Waals surface area contributed by atoms with Gasteiger partial charge in [0.05, 0.1) is 6.61 Å². The molecule has 7 nitrogen and oxygen atoms in total. The van der Waals surface area contributed by atoms with E-state index in [1.165, 1.54) is 0 Å². The average molecular weight is 293 g/mol. The molecule has 1 heterocycles. The Labute approximate surface area is 122 Å². The Hall–Kier alpha value is -2.12. The summed E-state index contributed by atoms with van der Waals surface area (Å²) in [6.07, 6.45) is 0.729. The topological polar surface area (TPSA) is 117 Å². The third-order valence-electron chi connectivity index (χ3n) is 3.77. The van der Waals surface area contributed by atoms with E-state index < -0.39 is 5.41 Å². The zero-order chi connectivity index (χ0) is 15.3. The minimum atomic E-state index is -1.05. The second kappa shape index (κ2) is 6.55. The minimum Gasteiger partial charge on any atom is -0.409 e. The van der Waals surface area contributed by atoms with E-state index in [0.717, 1.165) is 5.56 Å². The van der Waals surface area contributed by atoms with Crippen LogP contribution < -0.4 is 11.1 Å². The molecule has 1 aromatic rings. The average Bonchev–Trinajstić information content (AvgIpc) is 2.55. The molecule has 114 valence electrons. The van der Waals surface area contributed by atoms with Crippen LogP contribution in [0.25, 0.3) is 0 Å². The first-order valence-corrected chi connectivity index (χ1v) is 6.69. The Morgan fingerprint density at radius 3 is 2.48 bits per heavy atom. The maximum atomic E-state index is 12.6. The van der Waals surface area contributed by atoms with Crippen molar-refractivity contribution in [3.63, 3.8) is 0 Å². The van der Waals surface area contributed by atoms with Crippen molar-refractivity contribution < 1.29 is 19.8 Å². The van der Waals surface area contributed by atoms with E-state index in [0.29, 0.717) is 31.7 Å². The summed E-state index contributed by atoms with van der Waals surface area (Å²) in [6, 6.07) is 6.83. The number of aliphatic hydroxyl groups excluding tert-OH is 1. The quantitative estimate of drug-likeness (QED) is 0.281. The molecule has 1 aromatic carbocycles. The van der Waals surface area contributed by atoms with Gasteiger partial charge in [-0.15, -0.1) is 0 Å². The van der Waals surface area contributed by atoms with Crippen LogP contribution in [0.4, 0.5) is 5.69 Å². The minimum absolute atomic E-state index is 0.0559. The van der Waals surface area contributed by atoms with Crippen molar-refractivity contribution in [1.29, 1.82) is 0 Å². The molecule has 1 aliphatic heterocycles. The summed E-state index contributed by atoms with van der Waals surface area (Å²) in [5.41, 5.74) is 6.03. The van der Waals surface area contributed by atoms with Gasteiger partial charge < -0.3 is 26.1 Å². The van der Waals surface area contributed by atoms with Crippen molar-refractivity contribution in [2.24, 2.45) is 16.3 Å². The SMILES string of the molecule is N/C(=N/O)C1(C(=O)Nc2ccc(CO)cc2)CCOCC1. The molecule has 1 aliphatic rings. The van der Waals surface area contributed by atoms with Crippen molar-refractivity contribution in [2.45, 2.75) is 19.4 Å². The predicted molar refractivity (Wildman–Crippen MR) is 76.9 cm³/mol. The van der Waals surface area contributed by atoms with Crippen molar-refractivity contribution >= 4 is 17.4 Å². The lowest BCUT2D eigenvalue weighted by Gasteiger charge is -2.34. The van der Waals surface area contributed by atoms with E-state index in [4.69, 9.17) is 20.8 Å². The summed E-state index contributed by atoms with van der Waals surface area (Å²) >= 11 is 0. The molecule has 5 N–H and O–H groups in total. The summed E-state index contributed by atoms with van der Waals surface area (Å²) in [5.74, 6) is -0.423. The normalized spacial score (nSPS) is 18.2. The number of hydrogen-bond acceptors (Lipinski definition) is 5. The van der Waals surface area contributed by atoms with Crippen LogP contribution in [0.3, 0.4) is 0 Å². The van der Waals surface area contributed by atoms with Crippen molar-refractivity contribution in [1.82, 2.24) is 0 Å². The maximum Gasteiger partial charge on any atom is 0.238 e. The first-order chi connectivity index (χ1) is 10.1. The number of rotatable bonds is 4. The molecular weight excluding hydrogens is 274 g/mol. The fourth-order valence-electron chi connectivity index (χ4n) is 2.36. The fraction of sp³-hybridized carbons (Fsp3) is 0.429. The standard InChI is InChI=1S/C14H19N3O4/c15-12(17-20)14(5-7-21-8-6-14)13(19)16-11-3-1-10(9-18)2-4-11/h1-4,18,20H,5-9H2,(H2,15,17)(H,16,19). The van der Waals surface area contributed by atoms with E-state index in [1.54, 1.807) is 24.3 Å². The highest BCUT2D eigenvalue weighted by molar-refractivity contribution is 6.11. The summed E-state index contributed by atoms with van der Waals surface area (Å²) < 4.78 is 5.25. The van der Waals surface area contributed by atoms with Gasteiger partial charge in [0, 0.05) is 18.9 Å². The van der Waals surface area contributed by atoms with Crippen molar-refractivity contribution in [2.75, 3.05) is 18.5 Å². The molecule has 0 saturated carbocycles. The number of nitrogens with two attached hydrogens (primary N) is 1. The molecule has 21 heavy (non-hydrogen) atoms. The monoisotopic (exact) mass is 293 g/mol. The molecule has 0 aromatic heterocycles. The van der Waals surface area contributed by atoms with Gasteiger partial charge in [-0.1, -0.05) is 17.3 Å². The summed E-state index contributed by atoms with van der Waals surface area (Å²) in [7, 11) is 0. The largest absolute Gasteiger partial charge is 0.409 e. The van der Waals surface area contributed by atoms with Crippen LogP contribution in [0.2, 0.25) is 0 Å². The van der Waals surface area contributed by atoms with Gasteiger partial charge in [-0.3, -0.25) is 4.79 Å². The molecule has 1 amide bonds. The highest BCUT2D eigenvalue weighted by Gasteiger charge is 2.44. The zero-order valence-electron chi connectivity index (χ0n) is 11.6. The number of amidine groups is 1. The summed E-state index contributed by atoms with van der Waals surface area (Å²) in [6.45, 7) is 0.708. The number of aliphatic hydroxyl groups is 1. The van der Waals surface area contributed by atoms with Crippen LogP contribution in [-0.4, -0.2) is 35.3 Å². The fourth-order valence-corrected chi connectivity index (χ4v) is 2.36. The number of benzene rings is 1. The van der Waals surface area contributed by atoms with Gasteiger partial charge in [0.25, 0.3) is 0 Å². The molecule has 0 atom stereocenters. The number of carbonyl (C=O) groups excluding carboxylic acids is 1. The predicted octanol–water partition coefficient (Wildman–Crippen LogP) is 0.661. The Morgan fingerprint density at radius 1 is 1.33 bits per heavy atom. The highest BCUT2D eigenvalue weighted by atomic mass is 16.5. The number of nitrogens with one attached hydrogen (secondary N) is 1. The number of anilines is 1. The third kappa shape index (κ3) is 3.14. The number of amides is 1. The van der Waals surface area contributed by atoms with Crippen LogP contribution in [0.5, 0.6) is 0 Å². The Bertz CT molecular complexity index is 522. The Kier molecular flexibility index (Phi) is 4.77.